The molecule has 1 aromatic carbocycles. The highest BCUT2D eigenvalue weighted by Crippen LogP contribution is 2.19. The molecule has 0 radical (unpaired) electrons. The summed E-state index contributed by atoms with van der Waals surface area (Å²) in [4.78, 5) is 12.0. The minimum Gasteiger partial charge on any atom is -0.325 e. The Kier molecular flexibility index (Phi) is 6.10. The molecule has 0 aliphatic heterocycles. The summed E-state index contributed by atoms with van der Waals surface area (Å²) < 4.78 is 11.9. The number of anilines is 1. The van der Waals surface area contributed by atoms with Crippen molar-refractivity contribution in [2.45, 2.75) is 51.2 Å². The van der Waals surface area contributed by atoms with Gasteiger partial charge in [-0.1, -0.05) is 26.0 Å². The molecular formula is C16H26N2O2S. The van der Waals surface area contributed by atoms with Crippen LogP contribution in [0.1, 0.15) is 40.2 Å². The number of hydrogen-bond acceptors (Lipinski definition) is 3. The summed E-state index contributed by atoms with van der Waals surface area (Å²) in [5.41, 5.74) is 7.46. The van der Waals surface area contributed by atoms with Gasteiger partial charge in [-0.15, -0.1) is 0 Å². The molecule has 0 saturated heterocycles. The Morgan fingerprint density at radius 3 is 2.48 bits per heavy atom. The first-order valence-corrected chi connectivity index (χ1v) is 8.47. The maximum absolute atomic E-state index is 12.2. The third-order valence-corrected chi connectivity index (χ3v) is 5.16. The Labute approximate surface area is 130 Å². The van der Waals surface area contributed by atoms with Gasteiger partial charge in [0.1, 0.15) is 0 Å². The van der Waals surface area contributed by atoms with Gasteiger partial charge < -0.3 is 11.1 Å². The van der Waals surface area contributed by atoms with E-state index >= 15 is 0 Å². The second-order valence-corrected chi connectivity index (χ2v) is 8.77. The van der Waals surface area contributed by atoms with E-state index < -0.39 is 16.8 Å². The van der Waals surface area contributed by atoms with Crippen LogP contribution in [0.25, 0.3) is 0 Å². The number of benzene rings is 1. The SMILES string of the molecule is CC(C)[C@H](N)C(=O)Nc1cccc(CS(=O)C(C)(C)C)c1. The molecule has 4 nitrogen and oxygen atoms in total. The van der Waals surface area contributed by atoms with Gasteiger partial charge in [-0.05, 0) is 44.4 Å². The molecule has 0 heterocycles. The number of carbonyl (C=O) groups is 1. The van der Waals surface area contributed by atoms with Crippen LogP contribution in [-0.2, 0) is 21.3 Å². The molecule has 1 aromatic rings. The maximum Gasteiger partial charge on any atom is 0.241 e. The van der Waals surface area contributed by atoms with Crippen LogP contribution in [0.3, 0.4) is 0 Å². The van der Waals surface area contributed by atoms with E-state index in [-0.39, 0.29) is 16.6 Å². The van der Waals surface area contributed by atoms with Crippen LogP contribution in [0.5, 0.6) is 0 Å². The van der Waals surface area contributed by atoms with Crippen molar-refractivity contribution in [2.75, 3.05) is 5.32 Å². The summed E-state index contributed by atoms with van der Waals surface area (Å²) >= 11 is 0. The van der Waals surface area contributed by atoms with Crippen LogP contribution in [0.2, 0.25) is 0 Å². The van der Waals surface area contributed by atoms with E-state index in [1.807, 2.05) is 58.9 Å². The normalized spacial score (nSPS) is 14.8. The third kappa shape index (κ3) is 5.59. The summed E-state index contributed by atoms with van der Waals surface area (Å²) in [6.07, 6.45) is 0. The van der Waals surface area contributed by atoms with Crippen LogP contribution in [0.15, 0.2) is 24.3 Å². The quantitative estimate of drug-likeness (QED) is 0.878. The molecule has 5 heteroatoms. The van der Waals surface area contributed by atoms with E-state index in [2.05, 4.69) is 5.32 Å². The zero-order chi connectivity index (χ0) is 16.2. The van der Waals surface area contributed by atoms with E-state index in [1.54, 1.807) is 0 Å². The van der Waals surface area contributed by atoms with Crippen molar-refractivity contribution >= 4 is 22.4 Å². The minimum absolute atomic E-state index is 0.0848. The molecule has 21 heavy (non-hydrogen) atoms. The fourth-order valence-corrected chi connectivity index (χ4v) is 2.55. The molecule has 118 valence electrons. The van der Waals surface area contributed by atoms with Gasteiger partial charge in [0.05, 0.1) is 6.04 Å². The minimum atomic E-state index is -0.963. The summed E-state index contributed by atoms with van der Waals surface area (Å²) in [6, 6.07) is 6.91. The van der Waals surface area contributed by atoms with Crippen LogP contribution in [-0.4, -0.2) is 20.9 Å². The van der Waals surface area contributed by atoms with Crippen LogP contribution < -0.4 is 11.1 Å². The molecule has 1 amide bonds. The molecule has 3 N–H and O–H groups in total. The molecule has 0 fully saturated rings. The van der Waals surface area contributed by atoms with Crippen molar-refractivity contribution in [1.82, 2.24) is 0 Å². The van der Waals surface area contributed by atoms with Gasteiger partial charge in [-0.25, -0.2) is 0 Å². The van der Waals surface area contributed by atoms with Crippen LogP contribution >= 0.6 is 0 Å². The first kappa shape index (κ1) is 17.9. The Morgan fingerprint density at radius 2 is 1.95 bits per heavy atom. The molecule has 1 rings (SSSR count). The van der Waals surface area contributed by atoms with Gasteiger partial charge in [0, 0.05) is 27.0 Å². The van der Waals surface area contributed by atoms with E-state index in [9.17, 15) is 9.00 Å². The molecular weight excluding hydrogens is 284 g/mol. The lowest BCUT2D eigenvalue weighted by Gasteiger charge is -2.18. The van der Waals surface area contributed by atoms with E-state index in [4.69, 9.17) is 5.73 Å². The predicted octanol–water partition coefficient (Wildman–Crippen LogP) is 2.66. The first-order chi connectivity index (χ1) is 9.61. The smallest absolute Gasteiger partial charge is 0.241 e. The average molecular weight is 310 g/mol. The van der Waals surface area contributed by atoms with Crippen LogP contribution in [0, 0.1) is 5.92 Å². The van der Waals surface area contributed by atoms with Crippen molar-refractivity contribution < 1.29 is 9.00 Å². The lowest BCUT2D eigenvalue weighted by Crippen LogP contribution is -2.39. The summed E-state index contributed by atoms with van der Waals surface area (Å²) in [7, 11) is -0.963. The Morgan fingerprint density at radius 1 is 1.33 bits per heavy atom. The second kappa shape index (κ2) is 7.18. The number of rotatable bonds is 5. The van der Waals surface area contributed by atoms with Crippen molar-refractivity contribution in [3.8, 4) is 0 Å². The van der Waals surface area contributed by atoms with E-state index in [0.29, 0.717) is 11.4 Å². The monoisotopic (exact) mass is 310 g/mol. The predicted molar refractivity (Wildman–Crippen MR) is 89.5 cm³/mol. The molecule has 0 aromatic heterocycles. The highest BCUT2D eigenvalue weighted by Gasteiger charge is 2.20. The number of nitrogens with two attached hydrogens (primary N) is 1. The van der Waals surface area contributed by atoms with Crippen molar-refractivity contribution in [2.24, 2.45) is 11.7 Å². The zero-order valence-corrected chi connectivity index (χ0v) is 14.3. The van der Waals surface area contributed by atoms with Gasteiger partial charge >= 0.3 is 0 Å². The summed E-state index contributed by atoms with van der Waals surface area (Å²) in [5.74, 6) is 0.365. The van der Waals surface area contributed by atoms with E-state index in [1.165, 1.54) is 0 Å². The van der Waals surface area contributed by atoms with Crippen molar-refractivity contribution in [3.63, 3.8) is 0 Å². The molecule has 1 unspecified atom stereocenters. The highest BCUT2D eigenvalue weighted by molar-refractivity contribution is 7.85. The van der Waals surface area contributed by atoms with Crippen LogP contribution in [0.4, 0.5) is 5.69 Å². The van der Waals surface area contributed by atoms with Gasteiger partial charge in [-0.3, -0.25) is 9.00 Å². The topological polar surface area (TPSA) is 72.2 Å². The van der Waals surface area contributed by atoms with Gasteiger partial charge in [0.25, 0.3) is 0 Å². The van der Waals surface area contributed by atoms with Gasteiger partial charge in [0.2, 0.25) is 5.91 Å². The number of amides is 1. The first-order valence-electron chi connectivity index (χ1n) is 7.15. The van der Waals surface area contributed by atoms with Gasteiger partial charge in [-0.2, -0.15) is 0 Å². The maximum atomic E-state index is 12.2. The highest BCUT2D eigenvalue weighted by atomic mass is 32.2. The summed E-state index contributed by atoms with van der Waals surface area (Å²) in [6.45, 7) is 9.68. The van der Waals surface area contributed by atoms with Crippen molar-refractivity contribution in [1.29, 1.82) is 0 Å². The largest absolute Gasteiger partial charge is 0.325 e. The Balaban J connectivity index is 2.78. The van der Waals surface area contributed by atoms with Crippen molar-refractivity contribution in [3.05, 3.63) is 29.8 Å². The molecule has 0 saturated carbocycles. The third-order valence-electron chi connectivity index (χ3n) is 3.20. The molecule has 0 spiro atoms. The zero-order valence-electron chi connectivity index (χ0n) is 13.5. The molecule has 0 bridgehead atoms. The number of carbonyl (C=O) groups excluding carboxylic acids is 1. The Bertz CT molecular complexity index is 521. The molecule has 2 atom stereocenters. The average Bonchev–Trinajstić information content (AvgIpc) is 2.36. The Hall–Kier alpha value is -1.20. The lowest BCUT2D eigenvalue weighted by molar-refractivity contribution is -0.118. The van der Waals surface area contributed by atoms with Gasteiger partial charge in [0.15, 0.2) is 0 Å². The molecule has 0 aliphatic rings. The number of nitrogens with one attached hydrogen (secondary N) is 1. The second-order valence-electron chi connectivity index (χ2n) is 6.56. The standard InChI is InChI=1S/C16H26N2O2S/c1-11(2)14(17)15(19)18-13-8-6-7-12(9-13)10-21(20)16(3,4)5/h6-9,11,14H,10,17H2,1-5H3,(H,18,19)/t14-,21?/m0/s1. The fraction of sp³-hybridized carbons (Fsp3) is 0.562. The lowest BCUT2D eigenvalue weighted by atomic mass is 10.0. The summed E-state index contributed by atoms with van der Waals surface area (Å²) in [5, 5.41) is 2.81. The number of hydrogen-bond donors (Lipinski definition) is 2. The van der Waals surface area contributed by atoms with E-state index in [0.717, 1.165) is 5.56 Å². The molecule has 0 aliphatic carbocycles. The fourth-order valence-electron chi connectivity index (χ4n) is 1.64.